The summed E-state index contributed by atoms with van der Waals surface area (Å²) in [6, 6.07) is 16.7. The Balaban J connectivity index is 1.84. The summed E-state index contributed by atoms with van der Waals surface area (Å²) in [6.45, 7) is 2.10. The molecule has 1 heterocycles. The highest BCUT2D eigenvalue weighted by Gasteiger charge is 2.00. The maximum atomic E-state index is 4.15. The maximum Gasteiger partial charge on any atom is 0.0523 e. The third-order valence-electron chi connectivity index (χ3n) is 2.98. The van der Waals surface area contributed by atoms with Crippen molar-refractivity contribution in [1.29, 1.82) is 0 Å². The van der Waals surface area contributed by atoms with Gasteiger partial charge in [-0.25, -0.2) is 0 Å². The number of pyridine rings is 1. The second-order valence-electron chi connectivity index (χ2n) is 4.42. The van der Waals surface area contributed by atoms with E-state index in [4.69, 9.17) is 0 Å². The molecule has 1 N–H and O–H groups in total. The number of anilines is 1. The van der Waals surface area contributed by atoms with Gasteiger partial charge < -0.3 is 4.72 Å². The molecule has 0 aliphatic heterocycles. The van der Waals surface area contributed by atoms with E-state index in [0.717, 1.165) is 11.1 Å². The second-order valence-corrected chi connectivity index (χ2v) is 5.30. The van der Waals surface area contributed by atoms with E-state index in [0.29, 0.717) is 0 Å². The van der Waals surface area contributed by atoms with Crippen molar-refractivity contribution < 1.29 is 0 Å². The number of fused-ring (bicyclic) bond motifs is 1. The zero-order valence-electron chi connectivity index (χ0n) is 10.6. The minimum absolute atomic E-state index is 1.12. The molecule has 0 atom stereocenters. The van der Waals surface area contributed by atoms with Gasteiger partial charge in [-0.2, -0.15) is 0 Å². The summed E-state index contributed by atoms with van der Waals surface area (Å²) in [5.74, 6) is 0. The molecule has 2 aromatic carbocycles. The molecule has 19 heavy (non-hydrogen) atoms. The summed E-state index contributed by atoms with van der Waals surface area (Å²) in [5.41, 5.74) is 2.39. The van der Waals surface area contributed by atoms with E-state index in [1.54, 1.807) is 11.9 Å². The smallest absolute Gasteiger partial charge is 0.0523 e. The van der Waals surface area contributed by atoms with Crippen LogP contribution in [0, 0.1) is 6.92 Å². The summed E-state index contributed by atoms with van der Waals surface area (Å²) in [4.78, 5) is 5.35. The third kappa shape index (κ3) is 2.71. The summed E-state index contributed by atoms with van der Waals surface area (Å²) < 4.78 is 3.41. The molecule has 0 radical (unpaired) electrons. The topological polar surface area (TPSA) is 24.9 Å². The summed E-state index contributed by atoms with van der Waals surface area (Å²) in [6.07, 6.45) is 3.71. The Kier molecular flexibility index (Phi) is 3.38. The van der Waals surface area contributed by atoms with Crippen molar-refractivity contribution in [3.63, 3.8) is 0 Å². The van der Waals surface area contributed by atoms with Crippen molar-refractivity contribution in [2.24, 2.45) is 0 Å². The molecule has 3 aromatic rings. The lowest BCUT2D eigenvalue weighted by molar-refractivity contribution is 1.36. The fourth-order valence-corrected chi connectivity index (χ4v) is 2.61. The normalized spacial score (nSPS) is 10.6. The van der Waals surface area contributed by atoms with Crippen molar-refractivity contribution in [3.05, 3.63) is 66.5 Å². The van der Waals surface area contributed by atoms with E-state index in [1.807, 2.05) is 24.5 Å². The summed E-state index contributed by atoms with van der Waals surface area (Å²) in [7, 11) is 0. The monoisotopic (exact) mass is 266 g/mol. The molecule has 94 valence electrons. The van der Waals surface area contributed by atoms with E-state index in [9.17, 15) is 0 Å². The number of rotatable bonds is 3. The van der Waals surface area contributed by atoms with Crippen LogP contribution in [0.4, 0.5) is 5.69 Å². The van der Waals surface area contributed by atoms with Gasteiger partial charge in [-0.3, -0.25) is 4.98 Å². The lowest BCUT2D eigenvalue weighted by Gasteiger charge is -2.08. The Bertz CT molecular complexity index is 687. The molecule has 0 spiro atoms. The minimum Gasteiger partial charge on any atom is -0.325 e. The van der Waals surface area contributed by atoms with Crippen LogP contribution in [0.3, 0.4) is 0 Å². The number of aryl methyl sites for hydroxylation is 1. The van der Waals surface area contributed by atoms with Crippen molar-refractivity contribution in [3.8, 4) is 0 Å². The van der Waals surface area contributed by atoms with Gasteiger partial charge in [-0.05, 0) is 43.1 Å². The molecular weight excluding hydrogens is 252 g/mol. The molecule has 0 bridgehead atoms. The van der Waals surface area contributed by atoms with Gasteiger partial charge in [0.15, 0.2) is 0 Å². The Morgan fingerprint density at radius 2 is 1.84 bits per heavy atom. The van der Waals surface area contributed by atoms with E-state index < -0.39 is 0 Å². The molecular formula is C16H14N2S. The Labute approximate surface area is 117 Å². The zero-order valence-corrected chi connectivity index (χ0v) is 11.4. The van der Waals surface area contributed by atoms with Gasteiger partial charge >= 0.3 is 0 Å². The quantitative estimate of drug-likeness (QED) is 0.698. The first-order valence-electron chi connectivity index (χ1n) is 6.15. The van der Waals surface area contributed by atoms with Crippen LogP contribution in [0.2, 0.25) is 0 Å². The molecule has 0 unspecified atom stereocenters. The fourth-order valence-electron chi connectivity index (χ4n) is 1.93. The maximum absolute atomic E-state index is 4.15. The molecule has 0 aliphatic carbocycles. The summed E-state index contributed by atoms with van der Waals surface area (Å²) >= 11 is 1.63. The molecule has 0 amide bonds. The number of hydrogen-bond donors (Lipinski definition) is 1. The Hall–Kier alpha value is -2.00. The first-order valence-corrected chi connectivity index (χ1v) is 6.97. The van der Waals surface area contributed by atoms with E-state index in [2.05, 4.69) is 53.0 Å². The highest BCUT2D eigenvalue weighted by atomic mass is 32.2. The van der Waals surface area contributed by atoms with Crippen LogP contribution in [-0.2, 0) is 0 Å². The van der Waals surface area contributed by atoms with Crippen LogP contribution in [0.1, 0.15) is 5.56 Å². The number of nitrogens with one attached hydrogen (secondary N) is 1. The van der Waals surface area contributed by atoms with Crippen LogP contribution < -0.4 is 4.72 Å². The average molecular weight is 266 g/mol. The van der Waals surface area contributed by atoms with Crippen molar-refractivity contribution >= 4 is 28.4 Å². The Morgan fingerprint density at radius 3 is 2.68 bits per heavy atom. The predicted molar refractivity (Wildman–Crippen MR) is 82.4 cm³/mol. The highest BCUT2D eigenvalue weighted by molar-refractivity contribution is 8.00. The predicted octanol–water partition coefficient (Wildman–Crippen LogP) is 4.66. The van der Waals surface area contributed by atoms with Crippen molar-refractivity contribution in [2.45, 2.75) is 11.8 Å². The van der Waals surface area contributed by atoms with Crippen LogP contribution >= 0.6 is 11.9 Å². The SMILES string of the molecule is Cc1ccc(SNc2cccc3cnccc23)cc1. The van der Waals surface area contributed by atoms with E-state index in [1.165, 1.54) is 15.8 Å². The van der Waals surface area contributed by atoms with Crippen molar-refractivity contribution in [2.75, 3.05) is 4.72 Å². The molecule has 0 aliphatic rings. The molecule has 2 nitrogen and oxygen atoms in total. The first kappa shape index (κ1) is 12.1. The molecule has 0 fully saturated rings. The number of benzene rings is 2. The van der Waals surface area contributed by atoms with E-state index >= 15 is 0 Å². The van der Waals surface area contributed by atoms with E-state index in [-0.39, 0.29) is 0 Å². The largest absolute Gasteiger partial charge is 0.325 e. The number of aromatic nitrogens is 1. The molecule has 1 aromatic heterocycles. The summed E-state index contributed by atoms with van der Waals surface area (Å²) in [5, 5.41) is 2.34. The average Bonchev–Trinajstić information content (AvgIpc) is 2.47. The van der Waals surface area contributed by atoms with Crippen LogP contribution in [0.15, 0.2) is 65.8 Å². The van der Waals surface area contributed by atoms with Crippen LogP contribution in [0.5, 0.6) is 0 Å². The molecule has 0 saturated heterocycles. The highest BCUT2D eigenvalue weighted by Crippen LogP contribution is 2.27. The lowest BCUT2D eigenvalue weighted by Crippen LogP contribution is -1.88. The second kappa shape index (κ2) is 5.33. The minimum atomic E-state index is 1.12. The molecule has 0 saturated carbocycles. The lowest BCUT2D eigenvalue weighted by atomic mass is 10.1. The zero-order chi connectivity index (χ0) is 13.1. The fraction of sp³-hybridized carbons (Fsp3) is 0.0625. The van der Waals surface area contributed by atoms with Gasteiger partial charge in [0.1, 0.15) is 0 Å². The Morgan fingerprint density at radius 1 is 1.00 bits per heavy atom. The first-order chi connectivity index (χ1) is 9.33. The number of nitrogens with zero attached hydrogens (tertiary/aromatic N) is 1. The molecule has 3 rings (SSSR count). The van der Waals surface area contributed by atoms with Gasteiger partial charge in [0.25, 0.3) is 0 Å². The van der Waals surface area contributed by atoms with Gasteiger partial charge in [-0.15, -0.1) is 0 Å². The van der Waals surface area contributed by atoms with Crippen LogP contribution in [-0.4, -0.2) is 4.98 Å². The standard InChI is InChI=1S/C16H14N2S/c1-12-5-7-14(8-6-12)19-18-16-4-2-3-13-11-17-10-9-15(13)16/h2-11,18H,1H3. The van der Waals surface area contributed by atoms with Gasteiger partial charge in [0, 0.05) is 28.1 Å². The third-order valence-corrected chi connectivity index (χ3v) is 3.81. The number of hydrogen-bond acceptors (Lipinski definition) is 3. The van der Waals surface area contributed by atoms with Gasteiger partial charge in [0.2, 0.25) is 0 Å². The van der Waals surface area contributed by atoms with Crippen LogP contribution in [0.25, 0.3) is 10.8 Å². The van der Waals surface area contributed by atoms with Gasteiger partial charge in [-0.1, -0.05) is 29.8 Å². The van der Waals surface area contributed by atoms with Gasteiger partial charge in [0.05, 0.1) is 5.69 Å². The molecule has 3 heteroatoms. The van der Waals surface area contributed by atoms with Crippen molar-refractivity contribution in [1.82, 2.24) is 4.98 Å².